The van der Waals surface area contributed by atoms with Crippen molar-refractivity contribution in [2.45, 2.75) is 44.8 Å². The van der Waals surface area contributed by atoms with E-state index in [-0.39, 0.29) is 5.91 Å². The van der Waals surface area contributed by atoms with E-state index in [4.69, 9.17) is 4.74 Å². The maximum Gasteiger partial charge on any atom is 0.222 e. The summed E-state index contributed by atoms with van der Waals surface area (Å²) in [7, 11) is 0. The van der Waals surface area contributed by atoms with Crippen LogP contribution in [0.3, 0.4) is 0 Å². The predicted molar refractivity (Wildman–Crippen MR) is 65.8 cm³/mol. The topological polar surface area (TPSA) is 70.6 Å². The van der Waals surface area contributed by atoms with E-state index >= 15 is 0 Å². The highest BCUT2D eigenvalue weighted by Crippen LogP contribution is 2.07. The molecule has 0 aromatic rings. The second kappa shape index (κ2) is 8.44. The standard InChI is InChI=1S/C12H24N2O3/c1-2-10(15)9-14-12(16)5-8-17-11-3-6-13-7-4-11/h10-11,13,15H,2-9H2,1H3,(H,14,16). The monoisotopic (exact) mass is 244 g/mol. The third-order valence-corrected chi connectivity index (χ3v) is 2.97. The van der Waals surface area contributed by atoms with Crippen LogP contribution in [0.1, 0.15) is 32.6 Å². The molecule has 1 aliphatic heterocycles. The van der Waals surface area contributed by atoms with E-state index in [9.17, 15) is 9.90 Å². The SMILES string of the molecule is CCC(O)CNC(=O)CCOC1CCNCC1. The zero-order chi connectivity index (χ0) is 12.5. The van der Waals surface area contributed by atoms with Crippen LogP contribution in [0.4, 0.5) is 0 Å². The van der Waals surface area contributed by atoms with Crippen LogP contribution in [0.5, 0.6) is 0 Å². The quantitative estimate of drug-likeness (QED) is 0.591. The van der Waals surface area contributed by atoms with Gasteiger partial charge in [0.15, 0.2) is 0 Å². The van der Waals surface area contributed by atoms with Gasteiger partial charge in [-0.15, -0.1) is 0 Å². The maximum atomic E-state index is 11.4. The number of carbonyl (C=O) groups is 1. The molecule has 1 rings (SSSR count). The third kappa shape index (κ3) is 6.61. The molecular formula is C12H24N2O3. The lowest BCUT2D eigenvalue weighted by Crippen LogP contribution is -2.34. The van der Waals surface area contributed by atoms with Gasteiger partial charge >= 0.3 is 0 Å². The molecular weight excluding hydrogens is 220 g/mol. The zero-order valence-corrected chi connectivity index (χ0v) is 10.6. The molecule has 1 heterocycles. The molecule has 1 amide bonds. The van der Waals surface area contributed by atoms with Crippen molar-refractivity contribution in [3.8, 4) is 0 Å². The first kappa shape index (κ1) is 14.4. The summed E-state index contributed by atoms with van der Waals surface area (Å²) in [6, 6.07) is 0. The molecule has 5 nitrogen and oxygen atoms in total. The van der Waals surface area contributed by atoms with E-state index in [1.807, 2.05) is 6.92 Å². The van der Waals surface area contributed by atoms with Crippen LogP contribution >= 0.6 is 0 Å². The van der Waals surface area contributed by atoms with Gasteiger partial charge in [0.05, 0.1) is 18.8 Å². The number of nitrogens with one attached hydrogen (secondary N) is 2. The highest BCUT2D eigenvalue weighted by Gasteiger charge is 2.13. The minimum atomic E-state index is -0.440. The Balaban J connectivity index is 1.99. The smallest absolute Gasteiger partial charge is 0.222 e. The first-order chi connectivity index (χ1) is 8.22. The van der Waals surface area contributed by atoms with Crippen LogP contribution in [0.25, 0.3) is 0 Å². The Bertz CT molecular complexity index is 218. The molecule has 1 saturated heterocycles. The van der Waals surface area contributed by atoms with Crippen molar-refractivity contribution in [2.75, 3.05) is 26.2 Å². The summed E-state index contributed by atoms with van der Waals surface area (Å²) in [5, 5.41) is 15.2. The fourth-order valence-electron chi connectivity index (χ4n) is 1.74. The van der Waals surface area contributed by atoms with Crippen LogP contribution in [0, 0.1) is 0 Å². The lowest BCUT2D eigenvalue weighted by Gasteiger charge is -2.22. The van der Waals surface area contributed by atoms with E-state index in [0.717, 1.165) is 25.9 Å². The molecule has 0 saturated carbocycles. The molecule has 1 aliphatic rings. The maximum absolute atomic E-state index is 11.4. The molecule has 1 fully saturated rings. The van der Waals surface area contributed by atoms with Gasteiger partial charge in [-0.2, -0.15) is 0 Å². The molecule has 0 aromatic carbocycles. The molecule has 0 aliphatic carbocycles. The summed E-state index contributed by atoms with van der Waals surface area (Å²) in [6.07, 6.45) is 2.94. The number of carbonyl (C=O) groups excluding carboxylic acids is 1. The fraction of sp³-hybridized carbons (Fsp3) is 0.917. The van der Waals surface area contributed by atoms with E-state index < -0.39 is 6.10 Å². The first-order valence-corrected chi connectivity index (χ1v) is 6.49. The molecule has 0 aromatic heterocycles. The van der Waals surface area contributed by atoms with Gasteiger partial charge in [-0.05, 0) is 32.4 Å². The van der Waals surface area contributed by atoms with E-state index in [2.05, 4.69) is 10.6 Å². The Hall–Kier alpha value is -0.650. The Kier molecular flexibility index (Phi) is 7.16. The van der Waals surface area contributed by atoms with Crippen LogP contribution in [0.15, 0.2) is 0 Å². The van der Waals surface area contributed by atoms with Gasteiger partial charge in [-0.1, -0.05) is 6.92 Å². The molecule has 5 heteroatoms. The highest BCUT2D eigenvalue weighted by atomic mass is 16.5. The molecule has 100 valence electrons. The molecule has 17 heavy (non-hydrogen) atoms. The second-order valence-corrected chi connectivity index (χ2v) is 4.44. The number of piperidine rings is 1. The third-order valence-electron chi connectivity index (χ3n) is 2.97. The Morgan fingerprint density at radius 2 is 2.24 bits per heavy atom. The summed E-state index contributed by atoms with van der Waals surface area (Å²) in [5.41, 5.74) is 0. The van der Waals surface area contributed by atoms with Crippen molar-refractivity contribution in [2.24, 2.45) is 0 Å². The number of aliphatic hydroxyl groups is 1. The van der Waals surface area contributed by atoms with Crippen molar-refractivity contribution in [3.05, 3.63) is 0 Å². The lowest BCUT2D eigenvalue weighted by molar-refractivity contribution is -0.123. The van der Waals surface area contributed by atoms with Crippen molar-refractivity contribution in [1.29, 1.82) is 0 Å². The van der Waals surface area contributed by atoms with E-state index in [1.165, 1.54) is 0 Å². The summed E-state index contributed by atoms with van der Waals surface area (Å²) in [5.74, 6) is -0.0496. The van der Waals surface area contributed by atoms with Crippen LogP contribution in [0.2, 0.25) is 0 Å². The van der Waals surface area contributed by atoms with Crippen LogP contribution < -0.4 is 10.6 Å². The van der Waals surface area contributed by atoms with Gasteiger partial charge in [-0.25, -0.2) is 0 Å². The highest BCUT2D eigenvalue weighted by molar-refractivity contribution is 5.75. The van der Waals surface area contributed by atoms with E-state index in [1.54, 1.807) is 0 Å². The summed E-state index contributed by atoms with van der Waals surface area (Å²) in [4.78, 5) is 11.4. The van der Waals surface area contributed by atoms with Crippen molar-refractivity contribution >= 4 is 5.91 Å². The van der Waals surface area contributed by atoms with Gasteiger partial charge in [-0.3, -0.25) is 4.79 Å². The number of hydrogen-bond donors (Lipinski definition) is 3. The largest absolute Gasteiger partial charge is 0.391 e. The molecule has 0 radical (unpaired) electrons. The summed E-state index contributed by atoms with van der Waals surface area (Å²) >= 11 is 0. The summed E-state index contributed by atoms with van der Waals surface area (Å²) in [6.45, 7) is 4.69. The van der Waals surface area contributed by atoms with Crippen molar-refractivity contribution in [3.63, 3.8) is 0 Å². The molecule has 0 bridgehead atoms. The second-order valence-electron chi connectivity index (χ2n) is 4.44. The number of aliphatic hydroxyl groups excluding tert-OH is 1. The van der Waals surface area contributed by atoms with Crippen molar-refractivity contribution in [1.82, 2.24) is 10.6 Å². The van der Waals surface area contributed by atoms with Gasteiger partial charge in [0.1, 0.15) is 0 Å². The Labute approximate surface area is 103 Å². The predicted octanol–water partition coefficient (Wildman–Crippen LogP) is 0.0322. The van der Waals surface area contributed by atoms with Gasteiger partial charge in [0, 0.05) is 13.0 Å². The molecule has 1 atom stereocenters. The number of hydrogen-bond acceptors (Lipinski definition) is 4. The number of amides is 1. The molecule has 0 spiro atoms. The first-order valence-electron chi connectivity index (χ1n) is 6.49. The van der Waals surface area contributed by atoms with E-state index in [0.29, 0.717) is 32.1 Å². The van der Waals surface area contributed by atoms with Crippen LogP contribution in [-0.4, -0.2) is 49.5 Å². The molecule has 1 unspecified atom stereocenters. The lowest BCUT2D eigenvalue weighted by atomic mass is 10.1. The normalized spacial score (nSPS) is 18.9. The minimum absolute atomic E-state index is 0.0496. The number of ether oxygens (including phenoxy) is 1. The summed E-state index contributed by atoms with van der Waals surface area (Å²) < 4.78 is 5.62. The zero-order valence-electron chi connectivity index (χ0n) is 10.6. The van der Waals surface area contributed by atoms with Gasteiger partial charge in [0.2, 0.25) is 5.91 Å². The minimum Gasteiger partial charge on any atom is -0.391 e. The van der Waals surface area contributed by atoms with Gasteiger partial charge in [0.25, 0.3) is 0 Å². The van der Waals surface area contributed by atoms with Gasteiger partial charge < -0.3 is 20.5 Å². The Morgan fingerprint density at radius 3 is 2.88 bits per heavy atom. The fourth-order valence-corrected chi connectivity index (χ4v) is 1.74. The molecule has 3 N–H and O–H groups in total. The van der Waals surface area contributed by atoms with Crippen molar-refractivity contribution < 1.29 is 14.6 Å². The average Bonchev–Trinajstić information content (AvgIpc) is 2.37. The Morgan fingerprint density at radius 1 is 1.53 bits per heavy atom. The average molecular weight is 244 g/mol. The number of rotatable bonds is 7. The van der Waals surface area contributed by atoms with Crippen LogP contribution in [-0.2, 0) is 9.53 Å².